The molecule has 1 unspecified atom stereocenters. The van der Waals surface area contributed by atoms with Crippen molar-refractivity contribution in [3.05, 3.63) is 59.4 Å². The maximum absolute atomic E-state index is 12.9. The van der Waals surface area contributed by atoms with Gasteiger partial charge in [-0.05, 0) is 57.0 Å². The van der Waals surface area contributed by atoms with E-state index in [1.807, 2.05) is 11.0 Å². The Morgan fingerprint density at radius 2 is 1.78 bits per heavy atom. The maximum Gasteiger partial charge on any atom is 0.240 e. The lowest BCUT2D eigenvalue weighted by atomic mass is 9.92. The predicted molar refractivity (Wildman–Crippen MR) is 104 cm³/mol. The van der Waals surface area contributed by atoms with Gasteiger partial charge in [-0.25, -0.2) is 0 Å². The van der Waals surface area contributed by atoms with Gasteiger partial charge in [0.2, 0.25) is 5.91 Å². The Balaban J connectivity index is 1.33. The summed E-state index contributed by atoms with van der Waals surface area (Å²) in [4.78, 5) is 21.6. The van der Waals surface area contributed by atoms with Crippen molar-refractivity contribution in [2.75, 3.05) is 19.6 Å². The van der Waals surface area contributed by atoms with Crippen molar-refractivity contribution >= 4 is 5.91 Å². The SMILES string of the molecule is Cc1ccc(CN2CCC(N3CCC(c4ccc(O)cn4)CC3)C2=O)cc1. The lowest BCUT2D eigenvalue weighted by molar-refractivity contribution is -0.133. The van der Waals surface area contributed by atoms with Gasteiger partial charge in [-0.15, -0.1) is 0 Å². The molecule has 0 aliphatic carbocycles. The zero-order chi connectivity index (χ0) is 18.8. The fourth-order valence-electron chi connectivity index (χ4n) is 4.28. The van der Waals surface area contributed by atoms with Gasteiger partial charge in [0.1, 0.15) is 5.75 Å². The summed E-state index contributed by atoms with van der Waals surface area (Å²) in [5.41, 5.74) is 3.49. The third-order valence-electron chi connectivity index (χ3n) is 5.92. The van der Waals surface area contributed by atoms with Gasteiger partial charge in [0.25, 0.3) is 0 Å². The fourth-order valence-corrected chi connectivity index (χ4v) is 4.28. The minimum Gasteiger partial charge on any atom is -0.506 e. The molecule has 5 heteroatoms. The smallest absolute Gasteiger partial charge is 0.240 e. The van der Waals surface area contributed by atoms with E-state index in [2.05, 4.69) is 41.1 Å². The molecule has 3 heterocycles. The van der Waals surface area contributed by atoms with Gasteiger partial charge in [0, 0.05) is 24.7 Å². The summed E-state index contributed by atoms with van der Waals surface area (Å²) >= 11 is 0. The van der Waals surface area contributed by atoms with Crippen LogP contribution in [0, 0.1) is 6.92 Å². The van der Waals surface area contributed by atoms with Crippen LogP contribution in [0.4, 0.5) is 0 Å². The fraction of sp³-hybridized carbons (Fsp3) is 0.455. The van der Waals surface area contributed by atoms with E-state index in [9.17, 15) is 9.90 Å². The molecule has 1 amide bonds. The molecule has 0 saturated carbocycles. The maximum atomic E-state index is 12.9. The highest BCUT2D eigenvalue weighted by Gasteiger charge is 2.37. The van der Waals surface area contributed by atoms with Crippen LogP contribution >= 0.6 is 0 Å². The Morgan fingerprint density at radius 3 is 2.44 bits per heavy atom. The van der Waals surface area contributed by atoms with Crippen LogP contribution in [0.2, 0.25) is 0 Å². The normalized spacial score (nSPS) is 21.7. The van der Waals surface area contributed by atoms with E-state index in [-0.39, 0.29) is 17.7 Å². The second kappa shape index (κ2) is 7.69. The molecular formula is C22H27N3O2. The molecule has 1 atom stereocenters. The van der Waals surface area contributed by atoms with Gasteiger partial charge in [0.15, 0.2) is 0 Å². The minimum atomic E-state index is 0.0316. The molecule has 0 spiro atoms. The Kier molecular flexibility index (Phi) is 5.12. The summed E-state index contributed by atoms with van der Waals surface area (Å²) in [6, 6.07) is 12.1. The molecule has 0 radical (unpaired) electrons. The van der Waals surface area contributed by atoms with Crippen LogP contribution in [-0.4, -0.2) is 51.5 Å². The summed E-state index contributed by atoms with van der Waals surface area (Å²) < 4.78 is 0. The minimum absolute atomic E-state index is 0.0316. The lowest BCUT2D eigenvalue weighted by Crippen LogP contribution is -2.45. The number of aromatic hydroxyl groups is 1. The standard InChI is InChI=1S/C22H27N3O2/c1-16-2-4-17(5-3-16)15-25-13-10-21(22(25)27)24-11-8-18(9-12-24)20-7-6-19(26)14-23-20/h2-7,14,18,21,26H,8-13,15H2,1H3. The van der Waals surface area contributed by atoms with Crippen LogP contribution in [0.1, 0.15) is 42.0 Å². The van der Waals surface area contributed by atoms with Gasteiger partial charge in [-0.1, -0.05) is 29.8 Å². The molecule has 2 fully saturated rings. The monoisotopic (exact) mass is 365 g/mol. The van der Waals surface area contributed by atoms with Crippen molar-refractivity contribution in [1.29, 1.82) is 0 Å². The number of pyridine rings is 1. The number of hydrogen-bond acceptors (Lipinski definition) is 4. The average Bonchev–Trinajstić information content (AvgIpc) is 3.05. The van der Waals surface area contributed by atoms with Crippen molar-refractivity contribution in [2.45, 2.75) is 44.7 Å². The second-order valence-corrected chi connectivity index (χ2v) is 7.80. The number of hydrogen-bond donors (Lipinski definition) is 1. The predicted octanol–water partition coefficient (Wildman–Crippen LogP) is 3.08. The van der Waals surface area contributed by atoms with Gasteiger partial charge in [-0.2, -0.15) is 0 Å². The van der Waals surface area contributed by atoms with E-state index in [0.29, 0.717) is 12.5 Å². The van der Waals surface area contributed by atoms with E-state index in [1.54, 1.807) is 6.07 Å². The Bertz CT molecular complexity index is 780. The summed E-state index contributed by atoms with van der Waals surface area (Å²) in [6.07, 6.45) is 4.47. The first-order chi connectivity index (χ1) is 13.1. The quantitative estimate of drug-likeness (QED) is 0.905. The van der Waals surface area contributed by atoms with Crippen LogP contribution in [0.3, 0.4) is 0 Å². The summed E-state index contributed by atoms with van der Waals surface area (Å²) in [6.45, 7) is 5.50. The average molecular weight is 365 g/mol. The molecule has 1 aromatic heterocycles. The topological polar surface area (TPSA) is 56.7 Å². The van der Waals surface area contributed by atoms with Crippen LogP contribution in [0.5, 0.6) is 5.75 Å². The number of rotatable bonds is 4. The van der Waals surface area contributed by atoms with Gasteiger partial charge < -0.3 is 10.0 Å². The second-order valence-electron chi connectivity index (χ2n) is 7.80. The highest BCUT2D eigenvalue weighted by molar-refractivity contribution is 5.84. The molecule has 4 rings (SSSR count). The number of likely N-dealkylation sites (tertiary alicyclic amines) is 2. The molecular weight excluding hydrogens is 338 g/mol. The summed E-state index contributed by atoms with van der Waals surface area (Å²) in [5.74, 6) is 0.903. The molecule has 1 aromatic carbocycles. The molecule has 2 saturated heterocycles. The first kappa shape index (κ1) is 18.0. The van der Waals surface area contributed by atoms with Crippen LogP contribution in [-0.2, 0) is 11.3 Å². The number of aryl methyl sites for hydroxylation is 1. The number of aromatic nitrogens is 1. The van der Waals surface area contributed by atoms with Gasteiger partial charge in [0.05, 0.1) is 12.2 Å². The van der Waals surface area contributed by atoms with Crippen molar-refractivity contribution in [3.63, 3.8) is 0 Å². The van der Waals surface area contributed by atoms with Crippen molar-refractivity contribution in [3.8, 4) is 5.75 Å². The number of piperidine rings is 1. The largest absolute Gasteiger partial charge is 0.506 e. The first-order valence-electron chi connectivity index (χ1n) is 9.83. The summed E-state index contributed by atoms with van der Waals surface area (Å²) in [7, 11) is 0. The zero-order valence-corrected chi connectivity index (χ0v) is 15.8. The molecule has 27 heavy (non-hydrogen) atoms. The van der Waals surface area contributed by atoms with Crippen molar-refractivity contribution in [1.82, 2.24) is 14.8 Å². The third-order valence-corrected chi connectivity index (χ3v) is 5.92. The number of amides is 1. The number of benzene rings is 1. The Morgan fingerprint density at radius 1 is 1.04 bits per heavy atom. The van der Waals surface area contributed by atoms with E-state index >= 15 is 0 Å². The van der Waals surface area contributed by atoms with Gasteiger partial charge in [-0.3, -0.25) is 14.7 Å². The van der Waals surface area contributed by atoms with E-state index in [4.69, 9.17) is 0 Å². The molecule has 2 aliphatic rings. The number of carbonyl (C=O) groups excluding carboxylic acids is 1. The summed E-state index contributed by atoms with van der Waals surface area (Å²) in [5, 5.41) is 9.40. The third kappa shape index (κ3) is 3.98. The van der Waals surface area contributed by atoms with Crippen LogP contribution in [0.25, 0.3) is 0 Å². The first-order valence-corrected chi connectivity index (χ1v) is 9.83. The molecule has 2 aliphatic heterocycles. The zero-order valence-electron chi connectivity index (χ0n) is 15.8. The van der Waals surface area contributed by atoms with Crippen molar-refractivity contribution < 1.29 is 9.90 Å². The van der Waals surface area contributed by atoms with Crippen molar-refractivity contribution in [2.24, 2.45) is 0 Å². The highest BCUT2D eigenvalue weighted by Crippen LogP contribution is 2.30. The van der Waals surface area contributed by atoms with E-state index in [0.717, 1.165) is 44.6 Å². The molecule has 1 N–H and O–H groups in total. The molecule has 5 nitrogen and oxygen atoms in total. The van der Waals surface area contributed by atoms with E-state index in [1.165, 1.54) is 17.3 Å². The molecule has 0 bridgehead atoms. The van der Waals surface area contributed by atoms with Gasteiger partial charge >= 0.3 is 0 Å². The van der Waals surface area contributed by atoms with Crippen LogP contribution in [0.15, 0.2) is 42.6 Å². The Labute approximate surface area is 160 Å². The number of carbonyl (C=O) groups is 1. The Hall–Kier alpha value is -2.40. The lowest BCUT2D eigenvalue weighted by Gasteiger charge is -2.35. The molecule has 2 aromatic rings. The molecule has 142 valence electrons. The highest BCUT2D eigenvalue weighted by atomic mass is 16.3. The van der Waals surface area contributed by atoms with E-state index < -0.39 is 0 Å². The number of nitrogens with zero attached hydrogens (tertiary/aromatic N) is 3. The van der Waals surface area contributed by atoms with Crippen LogP contribution < -0.4 is 0 Å².